The minimum absolute atomic E-state index is 0.0178. The second-order valence-electron chi connectivity index (χ2n) is 5.48. The van der Waals surface area contributed by atoms with E-state index < -0.39 is 0 Å². The lowest BCUT2D eigenvalue weighted by Crippen LogP contribution is -1.99. The molecule has 7 heteroatoms. The van der Waals surface area contributed by atoms with Gasteiger partial charge in [0.15, 0.2) is 5.78 Å². The average molecular weight is 354 g/mol. The normalized spacial score (nSPS) is 10.7. The first-order chi connectivity index (χ1) is 12.1. The SMILES string of the molecule is COCc1nc(C)c(-c2ccnc(Nc3cccc(C(C)=O)c3)n2)s1. The molecule has 0 aliphatic heterocycles. The molecule has 0 amide bonds. The van der Waals surface area contributed by atoms with Crippen LogP contribution in [0.15, 0.2) is 36.5 Å². The van der Waals surface area contributed by atoms with E-state index in [-0.39, 0.29) is 5.78 Å². The van der Waals surface area contributed by atoms with E-state index in [0.717, 1.165) is 27.0 Å². The van der Waals surface area contributed by atoms with E-state index in [4.69, 9.17) is 4.74 Å². The Morgan fingerprint density at radius 3 is 2.88 bits per heavy atom. The maximum atomic E-state index is 11.5. The first kappa shape index (κ1) is 17.2. The number of nitrogens with one attached hydrogen (secondary N) is 1. The maximum Gasteiger partial charge on any atom is 0.227 e. The lowest BCUT2D eigenvalue weighted by Gasteiger charge is -2.07. The predicted molar refractivity (Wildman–Crippen MR) is 98.3 cm³/mol. The molecule has 1 N–H and O–H groups in total. The topological polar surface area (TPSA) is 77.0 Å². The molecule has 0 spiro atoms. The van der Waals surface area contributed by atoms with Gasteiger partial charge in [0, 0.05) is 24.6 Å². The van der Waals surface area contributed by atoms with Crippen LogP contribution in [0.4, 0.5) is 11.6 Å². The number of nitrogens with zero attached hydrogens (tertiary/aromatic N) is 3. The van der Waals surface area contributed by atoms with E-state index in [1.807, 2.05) is 25.1 Å². The second kappa shape index (κ2) is 7.50. The Bertz CT molecular complexity index is 908. The zero-order valence-corrected chi connectivity index (χ0v) is 15.1. The summed E-state index contributed by atoms with van der Waals surface area (Å²) >= 11 is 1.56. The van der Waals surface area contributed by atoms with Crippen LogP contribution in [0.25, 0.3) is 10.6 Å². The van der Waals surface area contributed by atoms with Crippen molar-refractivity contribution in [2.45, 2.75) is 20.5 Å². The van der Waals surface area contributed by atoms with Gasteiger partial charge in [0.25, 0.3) is 0 Å². The van der Waals surface area contributed by atoms with Crippen molar-refractivity contribution in [3.05, 3.63) is 52.8 Å². The van der Waals surface area contributed by atoms with Crippen LogP contribution < -0.4 is 5.32 Å². The number of Topliss-reactive ketones (excluding diaryl/α,β-unsaturated/α-hetero) is 1. The van der Waals surface area contributed by atoms with Crippen LogP contribution in [-0.2, 0) is 11.3 Å². The number of thiazole rings is 1. The van der Waals surface area contributed by atoms with Crippen LogP contribution in [0.2, 0.25) is 0 Å². The van der Waals surface area contributed by atoms with Crippen LogP contribution in [0.3, 0.4) is 0 Å². The molecule has 0 aliphatic carbocycles. The summed E-state index contributed by atoms with van der Waals surface area (Å²) in [4.78, 5) is 25.8. The van der Waals surface area contributed by atoms with Gasteiger partial charge in [-0.15, -0.1) is 11.3 Å². The summed E-state index contributed by atoms with van der Waals surface area (Å²) in [5.74, 6) is 0.489. The molecular formula is C18H18N4O2S. The minimum atomic E-state index is 0.0178. The summed E-state index contributed by atoms with van der Waals surface area (Å²) in [6, 6.07) is 9.12. The van der Waals surface area contributed by atoms with Gasteiger partial charge in [-0.2, -0.15) is 0 Å². The Morgan fingerprint density at radius 2 is 2.12 bits per heavy atom. The van der Waals surface area contributed by atoms with Gasteiger partial charge in [-0.3, -0.25) is 4.79 Å². The average Bonchev–Trinajstić information content (AvgIpc) is 2.96. The second-order valence-corrected chi connectivity index (χ2v) is 6.57. The molecule has 0 aliphatic rings. The number of methoxy groups -OCH3 is 1. The van der Waals surface area contributed by atoms with E-state index in [2.05, 4.69) is 20.3 Å². The highest BCUT2D eigenvalue weighted by molar-refractivity contribution is 7.15. The number of ether oxygens (including phenoxy) is 1. The van der Waals surface area contributed by atoms with Crippen molar-refractivity contribution >= 4 is 28.8 Å². The molecule has 0 fully saturated rings. The van der Waals surface area contributed by atoms with E-state index >= 15 is 0 Å². The number of aromatic nitrogens is 3. The van der Waals surface area contributed by atoms with Crippen molar-refractivity contribution in [1.82, 2.24) is 15.0 Å². The molecule has 25 heavy (non-hydrogen) atoms. The van der Waals surface area contributed by atoms with Gasteiger partial charge >= 0.3 is 0 Å². The quantitative estimate of drug-likeness (QED) is 0.674. The number of carbonyl (C=O) groups excluding carboxylic acids is 1. The monoisotopic (exact) mass is 354 g/mol. The molecule has 0 saturated heterocycles. The van der Waals surface area contributed by atoms with Gasteiger partial charge in [0.1, 0.15) is 5.01 Å². The molecule has 2 heterocycles. The highest BCUT2D eigenvalue weighted by Crippen LogP contribution is 2.29. The van der Waals surface area contributed by atoms with Crippen LogP contribution in [0.5, 0.6) is 0 Å². The minimum Gasteiger partial charge on any atom is -0.378 e. The summed E-state index contributed by atoms with van der Waals surface area (Å²) < 4.78 is 5.14. The smallest absolute Gasteiger partial charge is 0.227 e. The van der Waals surface area contributed by atoms with E-state index in [0.29, 0.717) is 18.1 Å². The van der Waals surface area contributed by atoms with E-state index in [1.165, 1.54) is 0 Å². The van der Waals surface area contributed by atoms with Crippen molar-refractivity contribution in [2.24, 2.45) is 0 Å². The summed E-state index contributed by atoms with van der Waals surface area (Å²) in [6.07, 6.45) is 1.70. The van der Waals surface area contributed by atoms with E-state index in [9.17, 15) is 4.79 Å². The van der Waals surface area contributed by atoms with Crippen LogP contribution >= 0.6 is 11.3 Å². The first-order valence-corrected chi connectivity index (χ1v) is 8.55. The molecule has 0 saturated carbocycles. The molecule has 1 aromatic carbocycles. The maximum absolute atomic E-state index is 11.5. The predicted octanol–water partition coefficient (Wildman–Crippen LogP) is 4.00. The zero-order chi connectivity index (χ0) is 17.8. The number of benzene rings is 1. The summed E-state index contributed by atoms with van der Waals surface area (Å²) in [7, 11) is 1.65. The molecular weight excluding hydrogens is 336 g/mol. The van der Waals surface area contributed by atoms with Crippen LogP contribution in [-0.4, -0.2) is 27.8 Å². The van der Waals surface area contributed by atoms with Gasteiger partial charge in [0.2, 0.25) is 5.95 Å². The molecule has 0 atom stereocenters. The third-order valence-corrected chi connectivity index (χ3v) is 4.68. The molecule has 0 bridgehead atoms. The third kappa shape index (κ3) is 4.07. The number of ketones is 1. The molecule has 128 valence electrons. The molecule has 0 radical (unpaired) electrons. The van der Waals surface area contributed by atoms with Crippen molar-refractivity contribution in [3.8, 4) is 10.6 Å². The number of rotatable bonds is 6. The zero-order valence-electron chi connectivity index (χ0n) is 14.2. The highest BCUT2D eigenvalue weighted by Gasteiger charge is 2.12. The first-order valence-electron chi connectivity index (χ1n) is 7.73. The lowest BCUT2D eigenvalue weighted by atomic mass is 10.1. The number of carbonyl (C=O) groups is 1. The molecule has 2 aromatic heterocycles. The van der Waals surface area contributed by atoms with Gasteiger partial charge in [0.05, 0.1) is 22.9 Å². The van der Waals surface area contributed by atoms with Crippen molar-refractivity contribution in [1.29, 1.82) is 0 Å². The Kier molecular flexibility index (Phi) is 5.16. The molecule has 0 unspecified atom stereocenters. The summed E-state index contributed by atoms with van der Waals surface area (Å²) in [5.41, 5.74) is 3.13. The summed E-state index contributed by atoms with van der Waals surface area (Å²) in [6.45, 7) is 3.98. The third-order valence-electron chi connectivity index (χ3n) is 3.52. The molecule has 3 rings (SSSR count). The summed E-state index contributed by atoms with van der Waals surface area (Å²) in [5, 5.41) is 4.06. The Morgan fingerprint density at radius 1 is 1.28 bits per heavy atom. The fourth-order valence-corrected chi connectivity index (χ4v) is 3.37. The molecule has 3 aromatic rings. The number of anilines is 2. The fraction of sp³-hybridized carbons (Fsp3) is 0.222. The lowest BCUT2D eigenvalue weighted by molar-refractivity contribution is 0.101. The van der Waals surface area contributed by atoms with Crippen molar-refractivity contribution in [2.75, 3.05) is 12.4 Å². The Hall–Kier alpha value is -2.64. The highest BCUT2D eigenvalue weighted by atomic mass is 32.1. The fourth-order valence-electron chi connectivity index (χ4n) is 2.37. The number of hydrogen-bond acceptors (Lipinski definition) is 7. The van der Waals surface area contributed by atoms with Gasteiger partial charge in [-0.25, -0.2) is 15.0 Å². The number of aryl methyl sites for hydroxylation is 1. The Labute approximate surface area is 149 Å². The van der Waals surface area contributed by atoms with Gasteiger partial charge < -0.3 is 10.1 Å². The van der Waals surface area contributed by atoms with Gasteiger partial charge in [-0.1, -0.05) is 12.1 Å². The van der Waals surface area contributed by atoms with Crippen molar-refractivity contribution < 1.29 is 9.53 Å². The molecule has 6 nitrogen and oxygen atoms in total. The van der Waals surface area contributed by atoms with Crippen LogP contribution in [0.1, 0.15) is 28.0 Å². The Balaban J connectivity index is 1.87. The van der Waals surface area contributed by atoms with E-state index in [1.54, 1.807) is 43.7 Å². The van der Waals surface area contributed by atoms with Crippen LogP contribution in [0, 0.1) is 6.92 Å². The van der Waals surface area contributed by atoms with Crippen molar-refractivity contribution in [3.63, 3.8) is 0 Å². The standard InChI is InChI=1S/C18H18N4O2S/c1-11-17(25-16(20-11)10-24-3)15-7-8-19-18(22-15)21-14-6-4-5-13(9-14)12(2)23/h4-9H,10H2,1-3H3,(H,19,21,22). The van der Waals surface area contributed by atoms with Gasteiger partial charge in [-0.05, 0) is 32.0 Å². The number of hydrogen-bond donors (Lipinski definition) is 1. The largest absolute Gasteiger partial charge is 0.378 e.